The quantitative estimate of drug-likeness (QED) is 0.671. The average molecular weight is 334 g/mol. The highest BCUT2D eigenvalue weighted by molar-refractivity contribution is 14.1. The molecule has 12 heavy (non-hydrogen) atoms. The topological polar surface area (TPSA) is 12.9 Å². The van der Waals surface area contributed by atoms with Crippen molar-refractivity contribution < 1.29 is 0 Å². The number of pyridine rings is 1. The van der Waals surface area contributed by atoms with Crippen LogP contribution in [0.2, 0.25) is 0 Å². The van der Waals surface area contributed by atoms with Crippen LogP contribution in [-0.4, -0.2) is 4.98 Å². The minimum Gasteiger partial charge on any atom is -0.264 e. The fourth-order valence-corrected chi connectivity index (χ4v) is 2.03. The van der Waals surface area contributed by atoms with Crippen molar-refractivity contribution in [2.45, 2.75) is 0 Å². The number of hydrogen-bond donors (Lipinski definition) is 0. The molecule has 1 nitrogen and oxygen atoms in total. The lowest BCUT2D eigenvalue weighted by molar-refractivity contribution is 1.36. The molecule has 0 amide bonds. The van der Waals surface area contributed by atoms with E-state index in [-0.39, 0.29) is 0 Å². The molecular formula is C9H5BrIN. The van der Waals surface area contributed by atoms with E-state index in [0.29, 0.717) is 0 Å². The Labute approximate surface area is 92.5 Å². The third kappa shape index (κ3) is 1.35. The first kappa shape index (κ1) is 8.44. The molecule has 2 rings (SSSR count). The van der Waals surface area contributed by atoms with E-state index in [0.717, 1.165) is 4.47 Å². The monoisotopic (exact) mass is 333 g/mol. The third-order valence-corrected chi connectivity index (χ3v) is 4.20. The first-order valence-corrected chi connectivity index (χ1v) is 5.34. The minimum absolute atomic E-state index is 1.13. The number of fused-ring (bicyclic) bond motifs is 1. The second kappa shape index (κ2) is 3.30. The molecule has 0 fully saturated rings. The number of benzene rings is 1. The Morgan fingerprint density at radius 1 is 1.25 bits per heavy atom. The van der Waals surface area contributed by atoms with E-state index < -0.39 is 0 Å². The fraction of sp³-hybridized carbons (Fsp3) is 0. The molecule has 0 atom stereocenters. The van der Waals surface area contributed by atoms with Gasteiger partial charge in [-0.15, -0.1) is 0 Å². The molecule has 1 aromatic carbocycles. The lowest BCUT2D eigenvalue weighted by Gasteiger charge is -2.00. The Bertz CT molecular complexity index is 428. The Hall–Kier alpha value is -0.160. The molecule has 0 aliphatic heterocycles. The standard InChI is InChI=1S/C9H5BrIN/c10-9-7-5-12-4-3-6(7)1-2-8(9)11/h1-5H. The summed E-state index contributed by atoms with van der Waals surface area (Å²) in [5, 5.41) is 2.39. The van der Waals surface area contributed by atoms with E-state index in [2.05, 4.69) is 55.6 Å². The summed E-state index contributed by atoms with van der Waals surface area (Å²) in [6.07, 6.45) is 3.68. The van der Waals surface area contributed by atoms with Crippen LogP contribution in [0.25, 0.3) is 10.8 Å². The van der Waals surface area contributed by atoms with Crippen molar-refractivity contribution in [3.8, 4) is 0 Å². The summed E-state index contributed by atoms with van der Waals surface area (Å²) in [5.74, 6) is 0. The molecule has 2 aromatic rings. The first-order valence-electron chi connectivity index (χ1n) is 3.47. The van der Waals surface area contributed by atoms with Crippen LogP contribution in [0.1, 0.15) is 0 Å². The Morgan fingerprint density at radius 3 is 2.92 bits per heavy atom. The van der Waals surface area contributed by atoms with Crippen molar-refractivity contribution in [3.05, 3.63) is 38.6 Å². The van der Waals surface area contributed by atoms with Crippen LogP contribution >= 0.6 is 38.5 Å². The Morgan fingerprint density at radius 2 is 2.08 bits per heavy atom. The van der Waals surface area contributed by atoms with Crippen molar-refractivity contribution in [2.24, 2.45) is 0 Å². The van der Waals surface area contributed by atoms with Crippen molar-refractivity contribution in [3.63, 3.8) is 0 Å². The average Bonchev–Trinajstić information content (AvgIpc) is 2.12. The predicted octanol–water partition coefficient (Wildman–Crippen LogP) is 3.60. The summed E-state index contributed by atoms with van der Waals surface area (Å²) in [6, 6.07) is 6.20. The van der Waals surface area contributed by atoms with Crippen LogP contribution in [0.3, 0.4) is 0 Å². The van der Waals surface area contributed by atoms with Gasteiger partial charge in [0.05, 0.1) is 0 Å². The number of nitrogens with zero attached hydrogens (tertiary/aromatic N) is 1. The highest BCUT2D eigenvalue weighted by Gasteiger charge is 2.00. The lowest BCUT2D eigenvalue weighted by atomic mass is 10.2. The molecule has 1 aromatic heterocycles. The molecule has 1 heterocycles. The van der Waals surface area contributed by atoms with Crippen molar-refractivity contribution in [1.29, 1.82) is 0 Å². The van der Waals surface area contributed by atoms with Gasteiger partial charge in [0, 0.05) is 25.8 Å². The highest BCUT2D eigenvalue weighted by Crippen LogP contribution is 2.27. The molecule has 0 bridgehead atoms. The Kier molecular flexibility index (Phi) is 2.32. The van der Waals surface area contributed by atoms with Crippen LogP contribution < -0.4 is 0 Å². The molecule has 0 spiro atoms. The van der Waals surface area contributed by atoms with Crippen LogP contribution in [-0.2, 0) is 0 Å². The van der Waals surface area contributed by atoms with E-state index in [9.17, 15) is 0 Å². The number of aromatic nitrogens is 1. The van der Waals surface area contributed by atoms with Crippen molar-refractivity contribution >= 4 is 49.3 Å². The van der Waals surface area contributed by atoms with E-state index >= 15 is 0 Å². The van der Waals surface area contributed by atoms with Crippen LogP contribution in [0.15, 0.2) is 35.1 Å². The smallest absolute Gasteiger partial charge is 0.0402 e. The second-order valence-corrected chi connectivity index (χ2v) is 4.41. The van der Waals surface area contributed by atoms with Crippen LogP contribution in [0.5, 0.6) is 0 Å². The molecule has 3 heteroatoms. The zero-order chi connectivity index (χ0) is 8.55. The van der Waals surface area contributed by atoms with Gasteiger partial charge in [0.25, 0.3) is 0 Å². The van der Waals surface area contributed by atoms with Gasteiger partial charge in [-0.3, -0.25) is 4.98 Å². The van der Waals surface area contributed by atoms with Crippen LogP contribution in [0.4, 0.5) is 0 Å². The second-order valence-electron chi connectivity index (χ2n) is 2.46. The number of halogens is 2. The Balaban J connectivity index is 2.91. The zero-order valence-corrected chi connectivity index (χ0v) is 9.83. The van der Waals surface area contributed by atoms with Crippen molar-refractivity contribution in [1.82, 2.24) is 4.98 Å². The zero-order valence-electron chi connectivity index (χ0n) is 6.09. The number of hydrogen-bond acceptors (Lipinski definition) is 1. The van der Waals surface area contributed by atoms with Crippen molar-refractivity contribution in [2.75, 3.05) is 0 Å². The van der Waals surface area contributed by atoms with Gasteiger partial charge in [0.2, 0.25) is 0 Å². The molecule has 0 unspecified atom stereocenters. The molecule has 0 radical (unpaired) electrons. The van der Waals surface area contributed by atoms with Gasteiger partial charge in [-0.05, 0) is 56.0 Å². The van der Waals surface area contributed by atoms with Gasteiger partial charge in [-0.25, -0.2) is 0 Å². The van der Waals surface area contributed by atoms with E-state index in [4.69, 9.17) is 0 Å². The summed E-state index contributed by atoms with van der Waals surface area (Å²) < 4.78 is 2.35. The minimum atomic E-state index is 1.13. The van der Waals surface area contributed by atoms with E-state index in [1.165, 1.54) is 14.3 Å². The van der Waals surface area contributed by atoms with Gasteiger partial charge >= 0.3 is 0 Å². The molecule has 0 saturated carbocycles. The van der Waals surface area contributed by atoms with Gasteiger partial charge in [0.1, 0.15) is 0 Å². The highest BCUT2D eigenvalue weighted by atomic mass is 127. The molecule has 0 N–H and O–H groups in total. The molecule has 0 saturated heterocycles. The molecular weight excluding hydrogens is 329 g/mol. The molecule has 0 aliphatic rings. The summed E-state index contributed by atoms with van der Waals surface area (Å²) in [6.45, 7) is 0. The van der Waals surface area contributed by atoms with Gasteiger partial charge in [0.15, 0.2) is 0 Å². The SMILES string of the molecule is Brc1c(I)ccc2ccncc12. The lowest BCUT2D eigenvalue weighted by Crippen LogP contribution is -1.79. The maximum Gasteiger partial charge on any atom is 0.0402 e. The summed E-state index contributed by atoms with van der Waals surface area (Å²) in [4.78, 5) is 4.08. The largest absolute Gasteiger partial charge is 0.264 e. The summed E-state index contributed by atoms with van der Waals surface area (Å²) in [7, 11) is 0. The molecule has 0 aliphatic carbocycles. The van der Waals surface area contributed by atoms with Crippen LogP contribution in [0, 0.1) is 3.57 Å². The predicted molar refractivity (Wildman–Crippen MR) is 62.2 cm³/mol. The van der Waals surface area contributed by atoms with E-state index in [1.807, 2.05) is 18.5 Å². The fourth-order valence-electron chi connectivity index (χ4n) is 1.10. The summed E-state index contributed by atoms with van der Waals surface area (Å²) >= 11 is 5.83. The first-order chi connectivity index (χ1) is 5.79. The normalized spacial score (nSPS) is 10.5. The van der Waals surface area contributed by atoms with Gasteiger partial charge in [-0.2, -0.15) is 0 Å². The number of rotatable bonds is 0. The molecule has 60 valence electrons. The van der Waals surface area contributed by atoms with Gasteiger partial charge in [-0.1, -0.05) is 6.07 Å². The maximum absolute atomic E-state index is 4.08. The maximum atomic E-state index is 4.08. The van der Waals surface area contributed by atoms with E-state index in [1.54, 1.807) is 0 Å². The van der Waals surface area contributed by atoms with Gasteiger partial charge < -0.3 is 0 Å². The summed E-state index contributed by atoms with van der Waals surface area (Å²) in [5.41, 5.74) is 0. The third-order valence-electron chi connectivity index (χ3n) is 1.71.